The Balaban J connectivity index is 3.36. The molecule has 0 unspecified atom stereocenters. The van der Waals surface area contributed by atoms with Crippen LogP contribution in [0.3, 0.4) is 0 Å². The molecule has 0 heterocycles. The van der Waals surface area contributed by atoms with Crippen molar-refractivity contribution in [3.63, 3.8) is 0 Å². The van der Waals surface area contributed by atoms with Gasteiger partial charge in [-0.25, -0.2) is 0 Å². The summed E-state index contributed by atoms with van der Waals surface area (Å²) in [6.07, 6.45) is 0. The average molecular weight is 291 g/mol. The summed E-state index contributed by atoms with van der Waals surface area (Å²) in [7, 11) is 0. The lowest BCUT2D eigenvalue weighted by atomic mass is 10.1. The van der Waals surface area contributed by atoms with Crippen LogP contribution in [0.5, 0.6) is 0 Å². The SMILES string of the molecule is N#Cc1c(Br)ccc(CO)c1Br. The highest BCUT2D eigenvalue weighted by atomic mass is 79.9. The normalized spacial score (nSPS) is 9.50. The van der Waals surface area contributed by atoms with E-state index in [9.17, 15) is 0 Å². The third kappa shape index (κ3) is 1.69. The third-order valence-electron chi connectivity index (χ3n) is 1.45. The van der Waals surface area contributed by atoms with E-state index in [-0.39, 0.29) is 6.61 Å². The molecular formula is C8H5Br2NO. The van der Waals surface area contributed by atoms with Gasteiger partial charge in [0.15, 0.2) is 0 Å². The van der Waals surface area contributed by atoms with Gasteiger partial charge in [0.25, 0.3) is 0 Å². The Labute approximate surface area is 87.1 Å². The van der Waals surface area contributed by atoms with E-state index < -0.39 is 0 Å². The predicted molar refractivity (Wildman–Crippen MR) is 52.5 cm³/mol. The van der Waals surface area contributed by atoms with E-state index >= 15 is 0 Å². The fourth-order valence-corrected chi connectivity index (χ4v) is 2.07. The van der Waals surface area contributed by atoms with Crippen molar-refractivity contribution in [1.82, 2.24) is 0 Å². The van der Waals surface area contributed by atoms with Crippen LogP contribution in [0.4, 0.5) is 0 Å². The van der Waals surface area contributed by atoms with Crippen molar-refractivity contribution in [2.45, 2.75) is 6.61 Å². The highest BCUT2D eigenvalue weighted by Crippen LogP contribution is 2.27. The molecule has 0 atom stereocenters. The molecule has 0 fully saturated rings. The van der Waals surface area contributed by atoms with Crippen LogP contribution in [0.25, 0.3) is 0 Å². The van der Waals surface area contributed by atoms with Crippen molar-refractivity contribution in [2.75, 3.05) is 0 Å². The van der Waals surface area contributed by atoms with E-state index in [0.717, 1.165) is 10.0 Å². The van der Waals surface area contributed by atoms with Crippen molar-refractivity contribution < 1.29 is 5.11 Å². The number of aliphatic hydroxyl groups is 1. The summed E-state index contributed by atoms with van der Waals surface area (Å²) in [5.41, 5.74) is 1.23. The minimum Gasteiger partial charge on any atom is -0.392 e. The number of hydrogen-bond acceptors (Lipinski definition) is 2. The molecule has 62 valence electrons. The molecule has 0 bridgehead atoms. The molecule has 0 aliphatic rings. The second-order valence-electron chi connectivity index (χ2n) is 2.17. The molecular weight excluding hydrogens is 286 g/mol. The molecule has 0 aliphatic heterocycles. The lowest BCUT2D eigenvalue weighted by Gasteiger charge is -2.03. The Bertz CT molecular complexity index is 344. The summed E-state index contributed by atoms with van der Waals surface area (Å²) < 4.78 is 1.39. The highest BCUT2D eigenvalue weighted by molar-refractivity contribution is 9.11. The molecule has 1 rings (SSSR count). The molecule has 1 aromatic rings. The highest BCUT2D eigenvalue weighted by Gasteiger charge is 2.07. The maximum Gasteiger partial charge on any atom is 0.102 e. The second kappa shape index (κ2) is 4.04. The van der Waals surface area contributed by atoms with Crippen molar-refractivity contribution in [3.05, 3.63) is 32.2 Å². The van der Waals surface area contributed by atoms with Gasteiger partial charge in [-0.05, 0) is 43.5 Å². The molecule has 0 saturated carbocycles. The van der Waals surface area contributed by atoms with Crippen molar-refractivity contribution >= 4 is 31.9 Å². The van der Waals surface area contributed by atoms with E-state index in [0.29, 0.717) is 10.0 Å². The lowest BCUT2D eigenvalue weighted by molar-refractivity contribution is 0.281. The summed E-state index contributed by atoms with van der Waals surface area (Å²) in [4.78, 5) is 0. The van der Waals surface area contributed by atoms with Gasteiger partial charge in [0.2, 0.25) is 0 Å². The standard InChI is InChI=1S/C8H5Br2NO/c9-7-2-1-5(4-12)8(10)6(7)3-11/h1-2,12H,4H2. The Kier molecular flexibility index (Phi) is 3.27. The van der Waals surface area contributed by atoms with Crippen LogP contribution < -0.4 is 0 Å². The number of halogens is 2. The zero-order valence-electron chi connectivity index (χ0n) is 6.01. The first-order valence-electron chi connectivity index (χ1n) is 3.18. The molecule has 12 heavy (non-hydrogen) atoms. The van der Waals surface area contributed by atoms with E-state index in [1.54, 1.807) is 12.1 Å². The minimum absolute atomic E-state index is 0.0669. The predicted octanol–water partition coefficient (Wildman–Crippen LogP) is 2.58. The molecule has 4 heteroatoms. The maximum absolute atomic E-state index is 8.87. The number of hydrogen-bond donors (Lipinski definition) is 1. The first-order chi connectivity index (χ1) is 5.70. The zero-order valence-corrected chi connectivity index (χ0v) is 9.18. The van der Waals surface area contributed by atoms with Crippen LogP contribution in [0, 0.1) is 11.3 Å². The Morgan fingerprint density at radius 3 is 2.58 bits per heavy atom. The van der Waals surface area contributed by atoms with Gasteiger partial charge in [-0.1, -0.05) is 6.07 Å². The van der Waals surface area contributed by atoms with Gasteiger partial charge in [0, 0.05) is 8.95 Å². The van der Waals surface area contributed by atoms with E-state index in [4.69, 9.17) is 10.4 Å². The topological polar surface area (TPSA) is 44.0 Å². The summed E-state index contributed by atoms with van der Waals surface area (Å²) in [5, 5.41) is 17.6. The van der Waals surface area contributed by atoms with Gasteiger partial charge in [0.05, 0.1) is 12.2 Å². The van der Waals surface area contributed by atoms with Crippen LogP contribution in [-0.4, -0.2) is 5.11 Å². The maximum atomic E-state index is 8.87. The third-order valence-corrected chi connectivity index (χ3v) is 3.02. The molecule has 1 N–H and O–H groups in total. The van der Waals surface area contributed by atoms with Crippen molar-refractivity contribution in [2.24, 2.45) is 0 Å². The largest absolute Gasteiger partial charge is 0.392 e. The van der Waals surface area contributed by atoms with E-state index in [2.05, 4.69) is 31.9 Å². The van der Waals surface area contributed by atoms with E-state index in [1.165, 1.54) is 0 Å². The Hall–Kier alpha value is -0.370. The Morgan fingerprint density at radius 1 is 1.42 bits per heavy atom. The molecule has 0 amide bonds. The lowest BCUT2D eigenvalue weighted by Crippen LogP contribution is -1.89. The van der Waals surface area contributed by atoms with E-state index in [1.807, 2.05) is 6.07 Å². The second-order valence-corrected chi connectivity index (χ2v) is 3.81. The molecule has 0 spiro atoms. The van der Waals surface area contributed by atoms with Gasteiger partial charge < -0.3 is 5.11 Å². The average Bonchev–Trinajstić information content (AvgIpc) is 2.06. The van der Waals surface area contributed by atoms with Crippen LogP contribution in [-0.2, 0) is 6.61 Å². The molecule has 0 radical (unpaired) electrons. The van der Waals surface area contributed by atoms with Crippen molar-refractivity contribution in [1.29, 1.82) is 5.26 Å². The first kappa shape index (κ1) is 9.72. The number of nitrogens with zero attached hydrogens (tertiary/aromatic N) is 1. The summed E-state index contributed by atoms with van der Waals surface area (Å²) in [5.74, 6) is 0. The first-order valence-corrected chi connectivity index (χ1v) is 4.77. The monoisotopic (exact) mass is 289 g/mol. The van der Waals surface area contributed by atoms with Crippen molar-refractivity contribution in [3.8, 4) is 6.07 Å². The van der Waals surface area contributed by atoms with Gasteiger partial charge in [-0.2, -0.15) is 5.26 Å². The minimum atomic E-state index is -0.0669. The van der Waals surface area contributed by atoms with Crippen LogP contribution in [0.1, 0.15) is 11.1 Å². The van der Waals surface area contributed by atoms with Crippen LogP contribution in [0.2, 0.25) is 0 Å². The molecule has 0 aliphatic carbocycles. The number of aliphatic hydroxyl groups excluding tert-OH is 1. The van der Waals surface area contributed by atoms with Crippen LogP contribution in [0.15, 0.2) is 21.1 Å². The van der Waals surface area contributed by atoms with Gasteiger partial charge >= 0.3 is 0 Å². The summed E-state index contributed by atoms with van der Waals surface area (Å²) in [6.45, 7) is -0.0669. The summed E-state index contributed by atoms with van der Waals surface area (Å²) >= 11 is 6.48. The van der Waals surface area contributed by atoms with Crippen LogP contribution >= 0.6 is 31.9 Å². The van der Waals surface area contributed by atoms with Gasteiger partial charge in [0.1, 0.15) is 6.07 Å². The smallest absolute Gasteiger partial charge is 0.102 e. The fraction of sp³-hybridized carbons (Fsp3) is 0.125. The van der Waals surface area contributed by atoms with Gasteiger partial charge in [-0.3, -0.25) is 0 Å². The van der Waals surface area contributed by atoms with Gasteiger partial charge in [-0.15, -0.1) is 0 Å². The number of rotatable bonds is 1. The zero-order chi connectivity index (χ0) is 9.14. The summed E-state index contributed by atoms with van der Waals surface area (Å²) in [6, 6.07) is 5.54. The molecule has 0 saturated heterocycles. The molecule has 0 aromatic heterocycles. The quantitative estimate of drug-likeness (QED) is 0.864. The molecule has 2 nitrogen and oxygen atoms in total. The number of nitriles is 1. The molecule has 1 aromatic carbocycles. The fourth-order valence-electron chi connectivity index (χ4n) is 0.820. The Morgan fingerprint density at radius 2 is 2.08 bits per heavy atom. The number of benzene rings is 1.